The lowest BCUT2D eigenvalue weighted by atomic mass is 10.1. The zero-order valence-corrected chi connectivity index (χ0v) is 8.40. The van der Waals surface area contributed by atoms with Gasteiger partial charge in [-0.1, -0.05) is 6.07 Å². The van der Waals surface area contributed by atoms with Crippen LogP contribution >= 0.6 is 0 Å². The van der Waals surface area contributed by atoms with E-state index in [1.54, 1.807) is 12.3 Å². The minimum atomic E-state index is -0.159. The third kappa shape index (κ3) is 1.32. The highest BCUT2D eigenvalue weighted by Crippen LogP contribution is 2.27. The number of carbonyl (C=O) groups is 1. The van der Waals surface area contributed by atoms with E-state index < -0.39 is 0 Å². The van der Waals surface area contributed by atoms with Crippen molar-refractivity contribution in [2.75, 3.05) is 5.43 Å². The third-order valence-corrected chi connectivity index (χ3v) is 2.54. The van der Waals surface area contributed by atoms with Crippen molar-refractivity contribution in [3.05, 3.63) is 42.1 Å². The molecule has 0 saturated carbocycles. The van der Waals surface area contributed by atoms with Gasteiger partial charge in [-0.3, -0.25) is 20.6 Å². The number of carbonyl (C=O) groups excluding carboxylic acids is 1. The second-order valence-electron chi connectivity index (χ2n) is 3.55. The van der Waals surface area contributed by atoms with Crippen molar-refractivity contribution in [3.63, 3.8) is 0 Å². The Balaban J connectivity index is 2.29. The van der Waals surface area contributed by atoms with Crippen LogP contribution in [-0.4, -0.2) is 10.9 Å². The number of nitrogens with one attached hydrogen (secondary N) is 2. The Morgan fingerprint density at radius 1 is 1.06 bits per heavy atom. The smallest absolute Gasteiger partial charge is 0.262 e. The van der Waals surface area contributed by atoms with Crippen molar-refractivity contribution in [1.29, 1.82) is 0 Å². The lowest BCUT2D eigenvalue weighted by molar-refractivity contribution is -0.115. The van der Waals surface area contributed by atoms with E-state index in [0.29, 0.717) is 0 Å². The number of nitrogens with zero attached hydrogens (tertiary/aromatic N) is 1. The van der Waals surface area contributed by atoms with Gasteiger partial charge < -0.3 is 0 Å². The van der Waals surface area contributed by atoms with Gasteiger partial charge in [0.2, 0.25) is 0 Å². The summed E-state index contributed by atoms with van der Waals surface area (Å²) in [4.78, 5) is 15.5. The maximum absolute atomic E-state index is 11.2. The molecule has 1 amide bonds. The van der Waals surface area contributed by atoms with Crippen LogP contribution < -0.4 is 10.9 Å². The fraction of sp³-hybridized carbons (Fsp3) is 0. The summed E-state index contributed by atoms with van der Waals surface area (Å²) in [5.74, 6) is -0.159. The molecule has 0 fully saturated rings. The van der Waals surface area contributed by atoms with Gasteiger partial charge in [0.1, 0.15) is 0 Å². The summed E-state index contributed by atoms with van der Waals surface area (Å²) in [6.07, 6.45) is 5.04. The van der Waals surface area contributed by atoms with Crippen molar-refractivity contribution < 1.29 is 4.79 Å². The first kappa shape index (κ1) is 8.91. The maximum atomic E-state index is 11.2. The fourth-order valence-electron chi connectivity index (χ4n) is 1.78. The number of hydrogen-bond donors (Lipinski definition) is 2. The molecule has 1 aliphatic rings. The molecule has 0 unspecified atom stereocenters. The Hall–Kier alpha value is -2.36. The third-order valence-electron chi connectivity index (χ3n) is 2.54. The van der Waals surface area contributed by atoms with Crippen LogP contribution in [0.2, 0.25) is 0 Å². The second-order valence-corrected chi connectivity index (χ2v) is 3.55. The van der Waals surface area contributed by atoms with Gasteiger partial charge >= 0.3 is 0 Å². The van der Waals surface area contributed by atoms with Gasteiger partial charge in [0.15, 0.2) is 0 Å². The average Bonchev–Trinajstić information content (AvgIpc) is 2.52. The number of fused-ring (bicyclic) bond motifs is 3. The summed E-state index contributed by atoms with van der Waals surface area (Å²) < 4.78 is 0. The molecule has 1 aromatic carbocycles. The standard InChI is InChI=1S/C12H9N3O/c16-11-6-4-8-3-5-10-9(2-1-7-13-10)12(8)15-14-11/h1-7,15H,(H,14,16). The fourth-order valence-corrected chi connectivity index (χ4v) is 1.78. The molecular formula is C12H9N3O. The summed E-state index contributed by atoms with van der Waals surface area (Å²) in [6, 6.07) is 7.73. The van der Waals surface area contributed by atoms with Crippen LogP contribution in [0, 0.1) is 0 Å². The molecule has 3 rings (SSSR count). The van der Waals surface area contributed by atoms with Gasteiger partial charge in [0.25, 0.3) is 5.91 Å². The van der Waals surface area contributed by atoms with E-state index in [2.05, 4.69) is 15.8 Å². The molecule has 1 aromatic heterocycles. The van der Waals surface area contributed by atoms with E-state index >= 15 is 0 Å². The first-order chi connectivity index (χ1) is 7.84. The number of hydrazine groups is 1. The average molecular weight is 211 g/mol. The van der Waals surface area contributed by atoms with E-state index in [-0.39, 0.29) is 5.91 Å². The molecule has 0 saturated heterocycles. The first-order valence-corrected chi connectivity index (χ1v) is 4.96. The molecule has 16 heavy (non-hydrogen) atoms. The highest BCUT2D eigenvalue weighted by molar-refractivity contribution is 6.02. The number of hydrogen-bond acceptors (Lipinski definition) is 3. The minimum absolute atomic E-state index is 0.159. The molecule has 0 atom stereocenters. The van der Waals surface area contributed by atoms with Crippen LogP contribution in [0.4, 0.5) is 5.69 Å². The van der Waals surface area contributed by atoms with Crippen LogP contribution in [0.5, 0.6) is 0 Å². The van der Waals surface area contributed by atoms with Crippen molar-refractivity contribution in [1.82, 2.24) is 10.4 Å². The van der Waals surface area contributed by atoms with E-state index in [1.807, 2.05) is 24.3 Å². The number of amides is 1. The van der Waals surface area contributed by atoms with E-state index in [9.17, 15) is 4.79 Å². The summed E-state index contributed by atoms with van der Waals surface area (Å²) in [7, 11) is 0. The Labute approximate surface area is 92.0 Å². The number of aromatic nitrogens is 1. The van der Waals surface area contributed by atoms with Crippen molar-refractivity contribution >= 4 is 28.6 Å². The van der Waals surface area contributed by atoms with Gasteiger partial charge in [-0.15, -0.1) is 0 Å². The highest BCUT2D eigenvalue weighted by Gasteiger charge is 2.09. The lowest BCUT2D eigenvalue weighted by Crippen LogP contribution is -2.26. The van der Waals surface area contributed by atoms with Crippen molar-refractivity contribution in [2.45, 2.75) is 0 Å². The Morgan fingerprint density at radius 2 is 2.00 bits per heavy atom. The summed E-state index contributed by atoms with van der Waals surface area (Å²) in [6.45, 7) is 0. The van der Waals surface area contributed by atoms with Crippen molar-refractivity contribution in [3.8, 4) is 0 Å². The number of anilines is 1. The molecule has 0 radical (unpaired) electrons. The maximum Gasteiger partial charge on any atom is 0.262 e. The minimum Gasteiger partial charge on any atom is -0.297 e. The van der Waals surface area contributed by atoms with Crippen LogP contribution in [0.3, 0.4) is 0 Å². The molecule has 1 aliphatic heterocycles. The normalized spacial score (nSPS) is 13.9. The van der Waals surface area contributed by atoms with Crippen LogP contribution in [0.1, 0.15) is 5.56 Å². The number of benzene rings is 1. The molecule has 78 valence electrons. The molecule has 0 spiro atoms. The number of pyridine rings is 1. The van der Waals surface area contributed by atoms with E-state index in [1.165, 1.54) is 6.08 Å². The Morgan fingerprint density at radius 3 is 2.94 bits per heavy atom. The zero-order chi connectivity index (χ0) is 11.0. The molecule has 2 aromatic rings. The van der Waals surface area contributed by atoms with Gasteiger partial charge in [0, 0.05) is 23.2 Å². The largest absolute Gasteiger partial charge is 0.297 e. The Kier molecular flexibility index (Phi) is 1.86. The van der Waals surface area contributed by atoms with Crippen LogP contribution in [0.25, 0.3) is 17.0 Å². The van der Waals surface area contributed by atoms with Crippen molar-refractivity contribution in [2.24, 2.45) is 0 Å². The molecule has 4 nitrogen and oxygen atoms in total. The molecule has 2 N–H and O–H groups in total. The molecule has 0 bridgehead atoms. The zero-order valence-electron chi connectivity index (χ0n) is 8.40. The quantitative estimate of drug-likeness (QED) is 0.697. The highest BCUT2D eigenvalue weighted by atomic mass is 16.2. The van der Waals surface area contributed by atoms with Gasteiger partial charge in [-0.2, -0.15) is 0 Å². The summed E-state index contributed by atoms with van der Waals surface area (Å²) >= 11 is 0. The monoisotopic (exact) mass is 211 g/mol. The Bertz CT molecular complexity index is 604. The van der Waals surface area contributed by atoms with Crippen LogP contribution in [0.15, 0.2) is 36.5 Å². The predicted octanol–water partition coefficient (Wildman–Crippen LogP) is 1.70. The SMILES string of the molecule is O=C1C=Cc2ccc3ncccc3c2NN1. The lowest BCUT2D eigenvalue weighted by Gasteiger charge is -2.10. The topological polar surface area (TPSA) is 54.0 Å². The second kappa shape index (κ2) is 3.34. The molecule has 4 heteroatoms. The predicted molar refractivity (Wildman–Crippen MR) is 62.5 cm³/mol. The summed E-state index contributed by atoms with van der Waals surface area (Å²) in [5, 5.41) is 0.992. The van der Waals surface area contributed by atoms with Crippen LogP contribution in [-0.2, 0) is 4.79 Å². The molecule has 0 aliphatic carbocycles. The summed E-state index contributed by atoms with van der Waals surface area (Å²) in [5.41, 5.74) is 8.26. The first-order valence-electron chi connectivity index (χ1n) is 4.96. The van der Waals surface area contributed by atoms with Gasteiger partial charge in [0.05, 0.1) is 11.2 Å². The van der Waals surface area contributed by atoms with E-state index in [0.717, 1.165) is 22.2 Å². The molecular weight excluding hydrogens is 202 g/mol. The molecule has 2 heterocycles. The van der Waals surface area contributed by atoms with Gasteiger partial charge in [-0.05, 0) is 24.3 Å². The van der Waals surface area contributed by atoms with Gasteiger partial charge in [-0.25, -0.2) is 0 Å². The van der Waals surface area contributed by atoms with E-state index in [4.69, 9.17) is 0 Å². The number of rotatable bonds is 0.